The molecule has 0 saturated carbocycles. The van der Waals surface area contributed by atoms with Crippen molar-refractivity contribution in [3.8, 4) is 0 Å². The van der Waals surface area contributed by atoms with Crippen LogP contribution in [0.3, 0.4) is 0 Å². The molecule has 0 fully saturated rings. The summed E-state index contributed by atoms with van der Waals surface area (Å²) in [7, 11) is 0. The predicted octanol–water partition coefficient (Wildman–Crippen LogP) is 3.09. The standard InChI is InChI=1S/C11H13Ge/c1-12(2)11-8-7-9-5-3-4-6-10(9)11/h3-8,11H,1-2H3/t11-/m0/s1. The summed E-state index contributed by atoms with van der Waals surface area (Å²) in [6.07, 6.45) is 4.67. The van der Waals surface area contributed by atoms with Crippen molar-refractivity contribution in [3.05, 3.63) is 41.5 Å². The van der Waals surface area contributed by atoms with Crippen molar-refractivity contribution >= 4 is 20.4 Å². The van der Waals surface area contributed by atoms with Gasteiger partial charge in [0.25, 0.3) is 0 Å². The number of rotatable bonds is 1. The van der Waals surface area contributed by atoms with Crippen LogP contribution in [-0.4, -0.2) is 14.3 Å². The van der Waals surface area contributed by atoms with Gasteiger partial charge in [0.15, 0.2) is 0 Å². The van der Waals surface area contributed by atoms with Crippen molar-refractivity contribution < 1.29 is 0 Å². The quantitative estimate of drug-likeness (QED) is 0.635. The summed E-state index contributed by atoms with van der Waals surface area (Å²) >= 11 is -0.799. The molecule has 0 aromatic heterocycles. The Morgan fingerprint density at radius 1 is 1.17 bits per heavy atom. The first-order valence-electron chi connectivity index (χ1n) is 4.36. The van der Waals surface area contributed by atoms with Crippen LogP contribution in [0, 0.1) is 0 Å². The molecule has 0 unspecified atom stereocenters. The summed E-state index contributed by atoms with van der Waals surface area (Å²) in [6.45, 7) is 0. The summed E-state index contributed by atoms with van der Waals surface area (Å²) in [5.74, 6) is 4.88. The summed E-state index contributed by atoms with van der Waals surface area (Å²) in [4.78, 5) is 0. The van der Waals surface area contributed by atoms with Gasteiger partial charge in [0.2, 0.25) is 0 Å². The Labute approximate surface area is 78.4 Å². The van der Waals surface area contributed by atoms with Crippen molar-refractivity contribution in [1.29, 1.82) is 0 Å². The van der Waals surface area contributed by atoms with E-state index in [1.165, 1.54) is 5.56 Å². The first-order valence-corrected chi connectivity index (χ1v) is 9.77. The molecule has 1 atom stereocenters. The fourth-order valence-electron chi connectivity index (χ4n) is 1.75. The van der Waals surface area contributed by atoms with Crippen LogP contribution in [0.2, 0.25) is 11.5 Å². The monoisotopic (exact) mass is 219 g/mol. The predicted molar refractivity (Wildman–Crippen MR) is 55.7 cm³/mol. The zero-order valence-corrected chi connectivity index (χ0v) is 9.64. The number of allylic oxidation sites excluding steroid dienone is 1. The molecule has 1 aromatic carbocycles. The maximum absolute atomic E-state index is 2.44. The van der Waals surface area contributed by atoms with E-state index < -0.39 is 14.3 Å². The molecule has 61 valence electrons. The minimum absolute atomic E-state index is 0.799. The second-order valence-corrected chi connectivity index (χ2v) is 9.37. The van der Waals surface area contributed by atoms with Crippen LogP contribution in [0.1, 0.15) is 15.9 Å². The second-order valence-electron chi connectivity index (χ2n) is 3.54. The van der Waals surface area contributed by atoms with Crippen LogP contribution in [0.4, 0.5) is 0 Å². The van der Waals surface area contributed by atoms with E-state index in [-0.39, 0.29) is 0 Å². The molecule has 1 aliphatic rings. The molecule has 12 heavy (non-hydrogen) atoms. The fraction of sp³-hybridized carbons (Fsp3) is 0.273. The van der Waals surface area contributed by atoms with Crippen molar-refractivity contribution in [2.45, 2.75) is 16.3 Å². The van der Waals surface area contributed by atoms with E-state index in [2.05, 4.69) is 47.9 Å². The van der Waals surface area contributed by atoms with Crippen LogP contribution < -0.4 is 0 Å². The maximum atomic E-state index is 2.44. The Hall–Kier alpha value is -0.497. The molecule has 0 spiro atoms. The third-order valence-electron chi connectivity index (χ3n) is 2.42. The van der Waals surface area contributed by atoms with Crippen LogP contribution in [-0.2, 0) is 0 Å². The van der Waals surface area contributed by atoms with Gasteiger partial charge in [-0.05, 0) is 0 Å². The van der Waals surface area contributed by atoms with Gasteiger partial charge < -0.3 is 0 Å². The van der Waals surface area contributed by atoms with Crippen molar-refractivity contribution in [2.75, 3.05) is 0 Å². The molecular weight excluding hydrogens is 205 g/mol. The van der Waals surface area contributed by atoms with Gasteiger partial charge in [-0.15, -0.1) is 0 Å². The van der Waals surface area contributed by atoms with E-state index in [1.54, 1.807) is 5.56 Å². The number of hydrogen-bond acceptors (Lipinski definition) is 0. The van der Waals surface area contributed by atoms with E-state index in [4.69, 9.17) is 0 Å². The van der Waals surface area contributed by atoms with Gasteiger partial charge in [-0.1, -0.05) is 0 Å². The average Bonchev–Trinajstić information content (AvgIpc) is 2.47. The Bertz CT molecular complexity index is 313. The van der Waals surface area contributed by atoms with Gasteiger partial charge in [-0.25, -0.2) is 0 Å². The molecule has 0 aliphatic heterocycles. The van der Waals surface area contributed by atoms with E-state index in [1.807, 2.05) is 0 Å². The fourth-order valence-corrected chi connectivity index (χ4v) is 4.62. The average molecular weight is 218 g/mol. The minimum atomic E-state index is -0.799. The van der Waals surface area contributed by atoms with Gasteiger partial charge >= 0.3 is 78.2 Å². The summed E-state index contributed by atoms with van der Waals surface area (Å²) in [6, 6.07) is 8.77. The molecule has 0 N–H and O–H groups in total. The number of benzene rings is 1. The topological polar surface area (TPSA) is 0 Å². The Morgan fingerprint density at radius 2 is 1.92 bits per heavy atom. The van der Waals surface area contributed by atoms with Crippen molar-refractivity contribution in [3.63, 3.8) is 0 Å². The number of hydrogen-bond donors (Lipinski definition) is 0. The van der Waals surface area contributed by atoms with Gasteiger partial charge in [0.05, 0.1) is 0 Å². The summed E-state index contributed by atoms with van der Waals surface area (Å²) in [5.41, 5.74) is 3.01. The van der Waals surface area contributed by atoms with Crippen molar-refractivity contribution in [2.24, 2.45) is 0 Å². The first kappa shape index (κ1) is 8.12. The van der Waals surface area contributed by atoms with Gasteiger partial charge in [-0.3, -0.25) is 0 Å². The molecule has 1 aliphatic carbocycles. The molecule has 1 radical (unpaired) electrons. The van der Waals surface area contributed by atoms with E-state index in [0.717, 1.165) is 4.75 Å². The summed E-state index contributed by atoms with van der Waals surface area (Å²) < 4.78 is 0.807. The SMILES string of the molecule is [CH3][Ge]([CH3])[C@H]1C=Cc2ccccc21. The molecule has 2 rings (SSSR count). The third-order valence-corrected chi connectivity index (χ3v) is 6.09. The first-order chi connectivity index (χ1) is 5.79. The summed E-state index contributed by atoms with van der Waals surface area (Å²) in [5, 5.41) is 0. The Morgan fingerprint density at radius 3 is 2.67 bits per heavy atom. The molecule has 1 aromatic rings. The zero-order chi connectivity index (χ0) is 8.55. The van der Waals surface area contributed by atoms with Gasteiger partial charge in [-0.2, -0.15) is 0 Å². The van der Waals surface area contributed by atoms with E-state index in [0.29, 0.717) is 0 Å². The van der Waals surface area contributed by atoms with Crippen LogP contribution >= 0.6 is 0 Å². The Kier molecular flexibility index (Phi) is 2.09. The second kappa shape index (κ2) is 3.10. The van der Waals surface area contributed by atoms with Crippen molar-refractivity contribution in [1.82, 2.24) is 0 Å². The van der Waals surface area contributed by atoms with Crippen LogP contribution in [0.25, 0.3) is 6.08 Å². The van der Waals surface area contributed by atoms with Gasteiger partial charge in [0.1, 0.15) is 0 Å². The molecule has 0 amide bonds. The number of fused-ring (bicyclic) bond motifs is 1. The van der Waals surface area contributed by atoms with Crippen LogP contribution in [0.15, 0.2) is 30.3 Å². The molecular formula is C11H13Ge. The third kappa shape index (κ3) is 1.24. The normalized spacial score (nSPS) is 20.1. The van der Waals surface area contributed by atoms with E-state index >= 15 is 0 Å². The van der Waals surface area contributed by atoms with E-state index in [9.17, 15) is 0 Å². The molecule has 0 heterocycles. The zero-order valence-electron chi connectivity index (χ0n) is 7.54. The molecule has 0 saturated heterocycles. The molecule has 0 nitrogen and oxygen atoms in total. The molecule has 1 heteroatoms. The molecule has 0 bridgehead atoms. The Balaban J connectivity index is 2.42. The van der Waals surface area contributed by atoms with Crippen LogP contribution in [0.5, 0.6) is 0 Å². The van der Waals surface area contributed by atoms with Gasteiger partial charge in [0, 0.05) is 0 Å².